The molecule has 3 rings (SSSR count). The number of nitrogens with zero attached hydrogens (tertiary/aromatic N) is 1. The molecule has 1 aliphatic carbocycles. The third-order valence-corrected chi connectivity index (χ3v) is 5.05. The van der Waals surface area contributed by atoms with E-state index in [1.165, 1.54) is 26.8 Å². The van der Waals surface area contributed by atoms with Gasteiger partial charge in [0.15, 0.2) is 0 Å². The van der Waals surface area contributed by atoms with Crippen LogP contribution < -0.4 is 5.32 Å². The third-order valence-electron chi connectivity index (χ3n) is 4.07. The monoisotopic (exact) mass is 378 g/mol. The molecule has 1 N–H and O–H groups in total. The Kier molecular flexibility index (Phi) is 4.36. The highest BCUT2D eigenvalue weighted by atomic mass is 127. The molecule has 20 heavy (non-hydrogen) atoms. The summed E-state index contributed by atoms with van der Waals surface area (Å²) < 4.78 is 1.33. The molecule has 1 aliphatic rings. The van der Waals surface area contributed by atoms with Crippen LogP contribution in [-0.4, -0.2) is 11.5 Å². The molecular formula is C17H19IN2. The van der Waals surface area contributed by atoms with Crippen LogP contribution in [0.15, 0.2) is 42.6 Å². The van der Waals surface area contributed by atoms with E-state index in [0.717, 1.165) is 13.0 Å². The minimum atomic E-state index is 0.365. The highest BCUT2D eigenvalue weighted by molar-refractivity contribution is 14.1. The highest BCUT2D eigenvalue weighted by Gasteiger charge is 2.32. The molecule has 3 heteroatoms. The Morgan fingerprint density at radius 3 is 2.95 bits per heavy atom. The van der Waals surface area contributed by atoms with E-state index in [4.69, 9.17) is 0 Å². The number of fused-ring (bicyclic) bond motifs is 1. The number of benzene rings is 1. The summed E-state index contributed by atoms with van der Waals surface area (Å²) in [7, 11) is 0. The van der Waals surface area contributed by atoms with Crippen LogP contribution in [-0.2, 0) is 6.42 Å². The van der Waals surface area contributed by atoms with Crippen LogP contribution in [0.25, 0.3) is 0 Å². The normalized spacial score (nSPS) is 18.8. The number of halogens is 1. The summed E-state index contributed by atoms with van der Waals surface area (Å²) >= 11 is 2.44. The first kappa shape index (κ1) is 14.0. The number of rotatable bonds is 4. The van der Waals surface area contributed by atoms with Crippen molar-refractivity contribution in [3.63, 3.8) is 0 Å². The second-order valence-corrected chi connectivity index (χ2v) is 6.41. The van der Waals surface area contributed by atoms with Crippen molar-refractivity contribution in [2.24, 2.45) is 0 Å². The second-order valence-electron chi connectivity index (χ2n) is 5.25. The first-order valence-electron chi connectivity index (χ1n) is 7.23. The SMILES string of the molecule is CCNC(c1ccccc1I)C1CCc2cccnc21. The Balaban J connectivity index is 1.99. The predicted molar refractivity (Wildman–Crippen MR) is 90.9 cm³/mol. The van der Waals surface area contributed by atoms with Crippen molar-refractivity contribution in [2.45, 2.75) is 31.7 Å². The van der Waals surface area contributed by atoms with E-state index in [1.807, 2.05) is 6.20 Å². The van der Waals surface area contributed by atoms with Gasteiger partial charge in [-0.05, 0) is 65.2 Å². The minimum absolute atomic E-state index is 0.365. The number of likely N-dealkylation sites (N-methyl/N-ethyl adjacent to an activating group) is 1. The fraction of sp³-hybridized carbons (Fsp3) is 0.353. The zero-order valence-electron chi connectivity index (χ0n) is 11.6. The topological polar surface area (TPSA) is 24.9 Å². The molecule has 104 valence electrons. The Morgan fingerprint density at radius 2 is 2.15 bits per heavy atom. The van der Waals surface area contributed by atoms with E-state index >= 15 is 0 Å². The largest absolute Gasteiger partial charge is 0.310 e. The summed E-state index contributed by atoms with van der Waals surface area (Å²) in [6.07, 6.45) is 4.27. The smallest absolute Gasteiger partial charge is 0.0485 e. The number of nitrogens with one attached hydrogen (secondary N) is 1. The van der Waals surface area contributed by atoms with Gasteiger partial charge >= 0.3 is 0 Å². The van der Waals surface area contributed by atoms with Gasteiger partial charge in [-0.25, -0.2) is 0 Å². The van der Waals surface area contributed by atoms with E-state index < -0.39 is 0 Å². The Hall–Kier alpha value is -0.940. The fourth-order valence-corrected chi connectivity index (χ4v) is 3.91. The summed E-state index contributed by atoms with van der Waals surface area (Å²) in [5.74, 6) is 0.488. The average molecular weight is 378 g/mol. The van der Waals surface area contributed by atoms with Gasteiger partial charge in [0.2, 0.25) is 0 Å². The first-order chi connectivity index (χ1) is 9.81. The van der Waals surface area contributed by atoms with Crippen molar-refractivity contribution in [1.82, 2.24) is 10.3 Å². The Labute approximate surface area is 134 Å². The van der Waals surface area contributed by atoms with Gasteiger partial charge in [0.05, 0.1) is 0 Å². The molecule has 0 saturated carbocycles. The Bertz CT molecular complexity index is 597. The molecule has 0 amide bonds. The minimum Gasteiger partial charge on any atom is -0.310 e. The van der Waals surface area contributed by atoms with Crippen LogP contribution in [0, 0.1) is 3.57 Å². The molecule has 0 spiro atoms. The molecular weight excluding hydrogens is 359 g/mol. The lowest BCUT2D eigenvalue weighted by Crippen LogP contribution is -2.27. The average Bonchev–Trinajstić information content (AvgIpc) is 2.90. The number of aromatic nitrogens is 1. The zero-order valence-corrected chi connectivity index (χ0v) is 13.8. The van der Waals surface area contributed by atoms with Gasteiger partial charge in [0, 0.05) is 27.4 Å². The van der Waals surface area contributed by atoms with Crippen LogP contribution in [0.5, 0.6) is 0 Å². The summed E-state index contributed by atoms with van der Waals surface area (Å²) in [6.45, 7) is 3.16. The lowest BCUT2D eigenvalue weighted by molar-refractivity contribution is 0.446. The van der Waals surface area contributed by atoms with Crippen molar-refractivity contribution in [1.29, 1.82) is 0 Å². The molecule has 0 bridgehead atoms. The van der Waals surface area contributed by atoms with Crippen LogP contribution in [0.2, 0.25) is 0 Å². The van der Waals surface area contributed by atoms with Crippen molar-refractivity contribution in [3.8, 4) is 0 Å². The number of pyridine rings is 1. The number of hydrogen-bond donors (Lipinski definition) is 1. The lowest BCUT2D eigenvalue weighted by Gasteiger charge is -2.26. The van der Waals surface area contributed by atoms with Crippen LogP contribution >= 0.6 is 22.6 Å². The lowest BCUT2D eigenvalue weighted by atomic mass is 9.90. The quantitative estimate of drug-likeness (QED) is 0.812. The van der Waals surface area contributed by atoms with E-state index in [9.17, 15) is 0 Å². The number of hydrogen-bond acceptors (Lipinski definition) is 2. The summed E-state index contributed by atoms with van der Waals surface area (Å²) in [6, 6.07) is 13.3. The van der Waals surface area contributed by atoms with Crippen LogP contribution in [0.4, 0.5) is 0 Å². The molecule has 2 unspecified atom stereocenters. The second kappa shape index (κ2) is 6.22. The molecule has 1 aromatic carbocycles. The van der Waals surface area contributed by atoms with Gasteiger partial charge in [0.1, 0.15) is 0 Å². The maximum absolute atomic E-state index is 4.66. The van der Waals surface area contributed by atoms with E-state index in [2.05, 4.69) is 76.2 Å². The molecule has 0 aliphatic heterocycles. The van der Waals surface area contributed by atoms with Gasteiger partial charge in [-0.15, -0.1) is 0 Å². The van der Waals surface area contributed by atoms with Crippen molar-refractivity contribution >= 4 is 22.6 Å². The Morgan fingerprint density at radius 1 is 1.30 bits per heavy atom. The zero-order chi connectivity index (χ0) is 13.9. The predicted octanol–water partition coefficient (Wildman–Crippen LogP) is 4.07. The highest BCUT2D eigenvalue weighted by Crippen LogP contribution is 2.41. The molecule has 2 nitrogen and oxygen atoms in total. The van der Waals surface area contributed by atoms with Gasteiger partial charge in [-0.2, -0.15) is 0 Å². The van der Waals surface area contributed by atoms with Crippen molar-refractivity contribution < 1.29 is 0 Å². The first-order valence-corrected chi connectivity index (χ1v) is 8.30. The van der Waals surface area contributed by atoms with Crippen molar-refractivity contribution in [2.75, 3.05) is 6.54 Å². The number of aryl methyl sites for hydroxylation is 1. The van der Waals surface area contributed by atoms with Crippen LogP contribution in [0.1, 0.15) is 42.1 Å². The third kappa shape index (κ3) is 2.61. The molecule has 0 fully saturated rings. The summed E-state index contributed by atoms with van der Waals surface area (Å²) in [4.78, 5) is 4.66. The van der Waals surface area contributed by atoms with Gasteiger partial charge in [0.25, 0.3) is 0 Å². The molecule has 2 aromatic rings. The van der Waals surface area contributed by atoms with E-state index in [1.54, 1.807) is 0 Å². The van der Waals surface area contributed by atoms with Crippen LogP contribution in [0.3, 0.4) is 0 Å². The van der Waals surface area contributed by atoms with Gasteiger partial charge < -0.3 is 5.32 Å². The molecule has 2 atom stereocenters. The van der Waals surface area contributed by atoms with Crippen molar-refractivity contribution in [3.05, 3.63) is 63.0 Å². The summed E-state index contributed by atoms with van der Waals surface area (Å²) in [5, 5.41) is 3.68. The standard InChI is InChI=1S/C17H19IN2/c1-2-19-17(13-7-3-4-8-15(13)18)14-10-9-12-6-5-11-20-16(12)14/h3-8,11,14,17,19H,2,9-10H2,1H3. The van der Waals surface area contributed by atoms with Gasteiger partial charge in [-0.1, -0.05) is 31.2 Å². The maximum atomic E-state index is 4.66. The van der Waals surface area contributed by atoms with E-state index in [0.29, 0.717) is 12.0 Å². The summed E-state index contributed by atoms with van der Waals surface area (Å²) in [5.41, 5.74) is 4.11. The molecule has 1 aromatic heterocycles. The molecule has 0 saturated heterocycles. The maximum Gasteiger partial charge on any atom is 0.0485 e. The van der Waals surface area contributed by atoms with Gasteiger partial charge in [-0.3, -0.25) is 4.98 Å². The fourth-order valence-electron chi connectivity index (χ4n) is 3.18. The van der Waals surface area contributed by atoms with E-state index in [-0.39, 0.29) is 0 Å². The molecule has 1 heterocycles. The molecule has 0 radical (unpaired) electrons.